The van der Waals surface area contributed by atoms with E-state index in [1.165, 1.54) is 0 Å². The first-order valence-corrected chi connectivity index (χ1v) is 6.01. The van der Waals surface area contributed by atoms with Crippen molar-refractivity contribution in [3.63, 3.8) is 0 Å². The number of nitrogens with two attached hydrogens (primary N) is 1. The van der Waals surface area contributed by atoms with Crippen molar-refractivity contribution in [1.29, 1.82) is 0 Å². The van der Waals surface area contributed by atoms with Gasteiger partial charge in [-0.3, -0.25) is 4.40 Å². The van der Waals surface area contributed by atoms with Gasteiger partial charge in [-0.25, -0.2) is 4.98 Å². The summed E-state index contributed by atoms with van der Waals surface area (Å²) in [5.41, 5.74) is 6.08. The van der Waals surface area contributed by atoms with Gasteiger partial charge in [0, 0.05) is 32.1 Å². The molecule has 0 spiro atoms. The number of hydrogen-bond acceptors (Lipinski definition) is 6. The van der Waals surface area contributed by atoms with Gasteiger partial charge in [0.1, 0.15) is 5.82 Å². The summed E-state index contributed by atoms with van der Waals surface area (Å²) in [6.07, 6.45) is 4.48. The minimum atomic E-state index is 0.563. The van der Waals surface area contributed by atoms with E-state index in [0.717, 1.165) is 30.3 Å². The molecule has 0 aromatic carbocycles. The zero-order valence-electron chi connectivity index (χ0n) is 10.5. The number of aromatic nitrogens is 4. The van der Waals surface area contributed by atoms with Crippen molar-refractivity contribution in [3.05, 3.63) is 18.2 Å². The lowest BCUT2D eigenvalue weighted by atomic mass is 10.4. The van der Waals surface area contributed by atoms with E-state index in [9.17, 15) is 0 Å². The first-order chi connectivity index (χ1) is 8.83. The molecule has 0 saturated heterocycles. The van der Waals surface area contributed by atoms with Gasteiger partial charge in [0.05, 0.1) is 6.61 Å². The highest BCUT2D eigenvalue weighted by atomic mass is 16.5. The second-order valence-corrected chi connectivity index (χ2v) is 3.90. The Hall–Kier alpha value is -1.73. The summed E-state index contributed by atoms with van der Waals surface area (Å²) in [5, 5.41) is 11.3. The number of nitrogens with zero attached hydrogens (tertiary/aromatic N) is 4. The molecule has 98 valence electrons. The molecule has 0 aliphatic heterocycles. The summed E-state index contributed by atoms with van der Waals surface area (Å²) < 4.78 is 7.20. The number of hydrogen-bond donors (Lipinski definition) is 2. The van der Waals surface area contributed by atoms with Gasteiger partial charge in [0.25, 0.3) is 0 Å². The summed E-state index contributed by atoms with van der Waals surface area (Å²) in [5.74, 6) is 1.60. The third-order valence-corrected chi connectivity index (χ3v) is 2.52. The van der Waals surface area contributed by atoms with Gasteiger partial charge < -0.3 is 15.8 Å². The van der Waals surface area contributed by atoms with Gasteiger partial charge in [-0.15, -0.1) is 10.2 Å². The quantitative estimate of drug-likeness (QED) is 0.683. The second kappa shape index (κ2) is 6.27. The van der Waals surface area contributed by atoms with Crippen LogP contribution in [0, 0.1) is 6.92 Å². The molecule has 0 aliphatic rings. The molecule has 0 radical (unpaired) electrons. The number of ether oxygens (including phenoxy) is 1. The Labute approximate surface area is 105 Å². The molecule has 7 nitrogen and oxygen atoms in total. The first-order valence-electron chi connectivity index (χ1n) is 6.01. The average molecular weight is 250 g/mol. The van der Waals surface area contributed by atoms with Crippen molar-refractivity contribution < 1.29 is 4.74 Å². The zero-order chi connectivity index (χ0) is 12.8. The number of fused-ring (bicyclic) bond motifs is 1. The molecule has 2 heterocycles. The highest BCUT2D eigenvalue weighted by Gasteiger charge is 2.06. The second-order valence-electron chi connectivity index (χ2n) is 3.90. The fourth-order valence-corrected chi connectivity index (χ4v) is 1.63. The molecule has 0 amide bonds. The summed E-state index contributed by atoms with van der Waals surface area (Å²) in [6, 6.07) is 0. The Morgan fingerprint density at radius 1 is 1.39 bits per heavy atom. The average Bonchev–Trinajstić information content (AvgIpc) is 2.77. The molecule has 18 heavy (non-hydrogen) atoms. The molecular weight excluding hydrogens is 232 g/mol. The van der Waals surface area contributed by atoms with Gasteiger partial charge in [0.15, 0.2) is 5.82 Å². The van der Waals surface area contributed by atoms with E-state index in [2.05, 4.69) is 20.5 Å². The SMILES string of the molecule is Cc1nnc2c(NCCCOCCN)nccn12. The van der Waals surface area contributed by atoms with Crippen molar-refractivity contribution in [3.8, 4) is 0 Å². The predicted molar refractivity (Wildman–Crippen MR) is 68.5 cm³/mol. The summed E-state index contributed by atoms with van der Waals surface area (Å²) in [6.45, 7) is 4.55. The van der Waals surface area contributed by atoms with Crippen LogP contribution in [0.25, 0.3) is 5.65 Å². The lowest BCUT2D eigenvalue weighted by Crippen LogP contribution is -2.12. The molecule has 0 bridgehead atoms. The van der Waals surface area contributed by atoms with Gasteiger partial charge in [-0.05, 0) is 13.3 Å². The molecule has 0 aliphatic carbocycles. The van der Waals surface area contributed by atoms with E-state index in [-0.39, 0.29) is 0 Å². The number of aryl methyl sites for hydroxylation is 1. The first kappa shape index (κ1) is 12.7. The summed E-state index contributed by atoms with van der Waals surface area (Å²) in [7, 11) is 0. The lowest BCUT2D eigenvalue weighted by molar-refractivity contribution is 0.141. The van der Waals surface area contributed by atoms with Crippen LogP contribution in [0.15, 0.2) is 12.4 Å². The number of rotatable bonds is 7. The molecule has 0 fully saturated rings. The van der Waals surface area contributed by atoms with E-state index < -0.39 is 0 Å². The van der Waals surface area contributed by atoms with E-state index in [1.54, 1.807) is 6.20 Å². The van der Waals surface area contributed by atoms with Crippen LogP contribution in [0.3, 0.4) is 0 Å². The summed E-state index contributed by atoms with van der Waals surface area (Å²) >= 11 is 0. The van der Waals surface area contributed by atoms with E-state index in [1.807, 2.05) is 17.5 Å². The number of nitrogens with one attached hydrogen (secondary N) is 1. The molecule has 0 atom stereocenters. The molecule has 2 aromatic rings. The Kier molecular flexibility index (Phi) is 4.43. The van der Waals surface area contributed by atoms with Crippen LogP contribution in [-0.2, 0) is 4.74 Å². The van der Waals surface area contributed by atoms with Gasteiger partial charge >= 0.3 is 0 Å². The van der Waals surface area contributed by atoms with E-state index in [4.69, 9.17) is 10.5 Å². The predicted octanol–water partition coefficient (Wildman–Crippen LogP) is 0.210. The molecule has 0 unspecified atom stereocenters. The normalized spacial score (nSPS) is 11.0. The minimum Gasteiger partial charge on any atom is -0.380 e. The van der Waals surface area contributed by atoms with Crippen LogP contribution >= 0.6 is 0 Å². The highest BCUT2D eigenvalue weighted by Crippen LogP contribution is 2.11. The Bertz CT molecular complexity index is 497. The van der Waals surface area contributed by atoms with Crippen molar-refractivity contribution in [2.24, 2.45) is 5.73 Å². The van der Waals surface area contributed by atoms with Crippen molar-refractivity contribution >= 4 is 11.5 Å². The maximum Gasteiger partial charge on any atom is 0.203 e. The number of anilines is 1. The van der Waals surface area contributed by atoms with Crippen LogP contribution in [0.4, 0.5) is 5.82 Å². The fourth-order valence-electron chi connectivity index (χ4n) is 1.63. The Morgan fingerprint density at radius 2 is 2.28 bits per heavy atom. The van der Waals surface area contributed by atoms with Crippen LogP contribution in [0.5, 0.6) is 0 Å². The Morgan fingerprint density at radius 3 is 3.11 bits per heavy atom. The standard InChI is InChI=1S/C11H18N6O/c1-9-15-16-11-10(14-5-6-17(9)11)13-4-2-7-18-8-3-12/h5-6H,2-4,7-8,12H2,1H3,(H,13,14). The fraction of sp³-hybridized carbons (Fsp3) is 0.545. The van der Waals surface area contributed by atoms with Gasteiger partial charge in [-0.1, -0.05) is 0 Å². The monoisotopic (exact) mass is 250 g/mol. The molecular formula is C11H18N6O. The largest absolute Gasteiger partial charge is 0.380 e. The molecule has 3 N–H and O–H groups in total. The van der Waals surface area contributed by atoms with E-state index in [0.29, 0.717) is 19.8 Å². The maximum atomic E-state index is 5.33. The van der Waals surface area contributed by atoms with Gasteiger partial charge in [-0.2, -0.15) is 0 Å². The Balaban J connectivity index is 1.88. The topological polar surface area (TPSA) is 90.4 Å². The molecule has 2 rings (SSSR count). The van der Waals surface area contributed by atoms with Crippen LogP contribution in [0.2, 0.25) is 0 Å². The van der Waals surface area contributed by atoms with Crippen LogP contribution in [-0.4, -0.2) is 45.9 Å². The smallest absolute Gasteiger partial charge is 0.203 e. The van der Waals surface area contributed by atoms with E-state index >= 15 is 0 Å². The van der Waals surface area contributed by atoms with Crippen molar-refractivity contribution in [2.45, 2.75) is 13.3 Å². The molecule has 0 saturated carbocycles. The third-order valence-electron chi connectivity index (χ3n) is 2.52. The zero-order valence-corrected chi connectivity index (χ0v) is 10.5. The van der Waals surface area contributed by atoms with Gasteiger partial charge in [0.2, 0.25) is 5.65 Å². The molecule has 2 aromatic heterocycles. The van der Waals surface area contributed by atoms with Crippen LogP contribution in [0.1, 0.15) is 12.2 Å². The molecule has 7 heteroatoms. The van der Waals surface area contributed by atoms with Crippen LogP contribution < -0.4 is 11.1 Å². The highest BCUT2D eigenvalue weighted by molar-refractivity contribution is 5.61. The maximum absolute atomic E-state index is 5.33. The van der Waals surface area contributed by atoms with Crippen molar-refractivity contribution in [1.82, 2.24) is 19.6 Å². The lowest BCUT2D eigenvalue weighted by Gasteiger charge is -2.06. The minimum absolute atomic E-state index is 0.563. The summed E-state index contributed by atoms with van der Waals surface area (Å²) in [4.78, 5) is 4.26. The van der Waals surface area contributed by atoms with Crippen molar-refractivity contribution in [2.75, 3.05) is 31.6 Å². The third kappa shape index (κ3) is 2.93.